The Balaban J connectivity index is 1.91. The van der Waals surface area contributed by atoms with Crippen molar-refractivity contribution >= 4 is 10.9 Å². The van der Waals surface area contributed by atoms with Crippen LogP contribution in [0.5, 0.6) is 0 Å². The van der Waals surface area contributed by atoms with E-state index in [2.05, 4.69) is 40.7 Å². The molecule has 4 rings (SSSR count). The summed E-state index contributed by atoms with van der Waals surface area (Å²) in [6.07, 6.45) is 2.71. The molecular weight excluding hydrogens is 326 g/mol. The maximum atomic E-state index is 11.2. The number of rotatable bonds is 5. The maximum Gasteiger partial charge on any atom is 0.143 e. The summed E-state index contributed by atoms with van der Waals surface area (Å²) in [7, 11) is 2.07. The van der Waals surface area contributed by atoms with Gasteiger partial charge in [-0.3, -0.25) is 0 Å². The third kappa shape index (κ3) is 2.75. The summed E-state index contributed by atoms with van der Waals surface area (Å²) in [5, 5.41) is 16.6. The molecule has 0 amide bonds. The van der Waals surface area contributed by atoms with Gasteiger partial charge in [-0.1, -0.05) is 30.3 Å². The van der Waals surface area contributed by atoms with E-state index in [0.717, 1.165) is 58.7 Å². The molecule has 0 spiro atoms. The number of β-amino-alcohol motifs (C(OH)–C–C–N with tert-alkyl or cyclic N) is 1. The maximum absolute atomic E-state index is 11.2. The molecule has 5 heteroatoms. The molecule has 1 fully saturated rings. The largest absolute Gasteiger partial charge is 0.387 e. The first-order chi connectivity index (χ1) is 12.6. The Morgan fingerprint density at radius 1 is 1.23 bits per heavy atom. The highest BCUT2D eigenvalue weighted by molar-refractivity contribution is 5.93. The Morgan fingerprint density at radius 2 is 1.96 bits per heavy atom. The topological polar surface area (TPSA) is 54.4 Å². The third-order valence-corrected chi connectivity index (χ3v) is 5.61. The molecule has 1 aliphatic heterocycles. The zero-order chi connectivity index (χ0) is 18.3. The zero-order valence-electron chi connectivity index (χ0n) is 15.8. The highest BCUT2D eigenvalue weighted by atomic mass is 16.5. The van der Waals surface area contributed by atoms with Crippen molar-refractivity contribution in [2.24, 2.45) is 7.05 Å². The molecule has 0 radical (unpaired) electrons. The van der Waals surface area contributed by atoms with Crippen LogP contribution in [0.2, 0.25) is 0 Å². The van der Waals surface area contributed by atoms with Crippen LogP contribution in [0, 0.1) is 6.92 Å². The molecular formula is C21H27N3O2. The lowest BCUT2D eigenvalue weighted by Gasteiger charge is -2.20. The number of aryl methyl sites for hydroxylation is 3. The first-order valence-corrected chi connectivity index (χ1v) is 9.55. The van der Waals surface area contributed by atoms with Crippen molar-refractivity contribution in [1.82, 2.24) is 14.6 Å². The van der Waals surface area contributed by atoms with Gasteiger partial charge in [-0.15, -0.1) is 0 Å². The average molecular weight is 353 g/mol. The molecule has 1 aromatic carbocycles. The molecule has 0 aliphatic carbocycles. The van der Waals surface area contributed by atoms with Crippen molar-refractivity contribution < 1.29 is 9.63 Å². The van der Waals surface area contributed by atoms with Crippen molar-refractivity contribution in [2.45, 2.75) is 39.2 Å². The second kappa shape index (κ2) is 6.89. The minimum absolute atomic E-state index is 0.534. The van der Waals surface area contributed by atoms with Crippen molar-refractivity contribution in [3.8, 4) is 11.3 Å². The first kappa shape index (κ1) is 17.3. The fourth-order valence-corrected chi connectivity index (χ4v) is 4.33. The number of hydrogen-bond donors (Lipinski definition) is 1. The number of hydrogen-bond acceptors (Lipinski definition) is 4. The lowest BCUT2D eigenvalue weighted by Crippen LogP contribution is -2.25. The Bertz CT molecular complexity index is 919. The van der Waals surface area contributed by atoms with E-state index < -0.39 is 6.10 Å². The predicted molar refractivity (Wildman–Crippen MR) is 103 cm³/mol. The molecule has 1 unspecified atom stereocenters. The fraction of sp³-hybridized carbons (Fsp3) is 0.476. The quantitative estimate of drug-likeness (QED) is 0.757. The van der Waals surface area contributed by atoms with Crippen LogP contribution >= 0.6 is 0 Å². The van der Waals surface area contributed by atoms with Gasteiger partial charge in [0.25, 0.3) is 0 Å². The zero-order valence-corrected chi connectivity index (χ0v) is 15.8. The number of nitrogens with zero attached hydrogens (tertiary/aromatic N) is 3. The van der Waals surface area contributed by atoms with Gasteiger partial charge in [0.2, 0.25) is 0 Å². The van der Waals surface area contributed by atoms with Gasteiger partial charge >= 0.3 is 0 Å². The van der Waals surface area contributed by atoms with Crippen LogP contribution in [0.15, 0.2) is 28.8 Å². The van der Waals surface area contributed by atoms with E-state index in [-0.39, 0.29) is 0 Å². The summed E-state index contributed by atoms with van der Waals surface area (Å²) in [6.45, 7) is 6.86. The van der Waals surface area contributed by atoms with Crippen LogP contribution in [0.1, 0.15) is 42.9 Å². The molecule has 2 aromatic heterocycles. The van der Waals surface area contributed by atoms with E-state index in [1.165, 1.54) is 12.8 Å². The lowest BCUT2D eigenvalue weighted by atomic mass is 9.98. The van der Waals surface area contributed by atoms with E-state index in [4.69, 9.17) is 4.52 Å². The monoisotopic (exact) mass is 353 g/mol. The summed E-state index contributed by atoms with van der Waals surface area (Å²) >= 11 is 0. The second-order valence-electron chi connectivity index (χ2n) is 7.28. The molecule has 0 saturated carbocycles. The first-order valence-electron chi connectivity index (χ1n) is 9.55. The number of likely N-dealkylation sites (tertiary alicyclic amines) is 1. The minimum atomic E-state index is -0.534. The Morgan fingerprint density at radius 3 is 2.69 bits per heavy atom. The van der Waals surface area contributed by atoms with Crippen molar-refractivity contribution in [2.75, 3.05) is 19.6 Å². The number of fused-ring (bicyclic) bond motifs is 1. The minimum Gasteiger partial charge on any atom is -0.387 e. The number of benzene rings is 1. The lowest BCUT2D eigenvalue weighted by molar-refractivity contribution is 0.128. The summed E-state index contributed by atoms with van der Waals surface area (Å²) in [5.74, 6) is 0.808. The Kier molecular flexibility index (Phi) is 4.59. The SMILES string of the molecule is CCc1noc(C)c1-c1c(C(O)CN2CCCC2)c2ccccc2n1C. The summed E-state index contributed by atoms with van der Waals surface area (Å²) < 4.78 is 7.68. The van der Waals surface area contributed by atoms with Gasteiger partial charge in [-0.05, 0) is 45.3 Å². The molecule has 1 saturated heterocycles. The van der Waals surface area contributed by atoms with Crippen molar-refractivity contribution in [3.05, 3.63) is 41.3 Å². The van der Waals surface area contributed by atoms with Gasteiger partial charge < -0.3 is 19.1 Å². The smallest absolute Gasteiger partial charge is 0.143 e. The Hall–Kier alpha value is -2.11. The predicted octanol–water partition coefficient (Wildman–Crippen LogP) is 3.83. The van der Waals surface area contributed by atoms with E-state index >= 15 is 0 Å². The number of aromatic nitrogens is 2. The normalized spacial score (nSPS) is 16.6. The standard InChI is InChI=1S/C21H27N3O2/c1-4-16-19(14(2)26-22-16)21-20(18(25)13-24-11-7-8-12-24)15-9-5-6-10-17(15)23(21)3/h5-6,9-10,18,25H,4,7-8,11-13H2,1-3H3. The molecule has 0 bridgehead atoms. The molecule has 3 aromatic rings. The van der Waals surface area contributed by atoms with Gasteiger partial charge in [-0.2, -0.15) is 0 Å². The molecule has 5 nitrogen and oxygen atoms in total. The van der Waals surface area contributed by atoms with Crippen LogP contribution in [0.25, 0.3) is 22.2 Å². The fourth-order valence-electron chi connectivity index (χ4n) is 4.33. The van der Waals surface area contributed by atoms with Crippen molar-refractivity contribution in [1.29, 1.82) is 0 Å². The van der Waals surface area contributed by atoms with Crippen molar-refractivity contribution in [3.63, 3.8) is 0 Å². The van der Waals surface area contributed by atoms with Crippen LogP contribution in [-0.2, 0) is 13.5 Å². The summed E-state index contributed by atoms with van der Waals surface area (Å²) in [6, 6.07) is 8.30. The molecule has 1 N–H and O–H groups in total. The van der Waals surface area contributed by atoms with Crippen LogP contribution in [-0.4, -0.2) is 39.4 Å². The van der Waals surface area contributed by atoms with Gasteiger partial charge in [-0.25, -0.2) is 0 Å². The average Bonchev–Trinajstić information content (AvgIpc) is 3.34. The van der Waals surface area contributed by atoms with E-state index in [1.807, 2.05) is 19.1 Å². The molecule has 26 heavy (non-hydrogen) atoms. The van der Waals surface area contributed by atoms with Crippen LogP contribution < -0.4 is 0 Å². The van der Waals surface area contributed by atoms with Gasteiger partial charge in [0.15, 0.2) is 0 Å². The highest BCUT2D eigenvalue weighted by Gasteiger charge is 2.28. The molecule has 1 atom stereocenters. The number of aliphatic hydroxyl groups is 1. The third-order valence-electron chi connectivity index (χ3n) is 5.61. The molecule has 1 aliphatic rings. The molecule has 3 heterocycles. The Labute approximate surface area is 154 Å². The number of aliphatic hydroxyl groups excluding tert-OH is 1. The van der Waals surface area contributed by atoms with Crippen LogP contribution in [0.4, 0.5) is 0 Å². The molecule has 138 valence electrons. The van der Waals surface area contributed by atoms with E-state index in [9.17, 15) is 5.11 Å². The summed E-state index contributed by atoms with van der Waals surface area (Å²) in [4.78, 5) is 2.36. The van der Waals surface area contributed by atoms with Crippen LogP contribution in [0.3, 0.4) is 0 Å². The van der Waals surface area contributed by atoms with E-state index in [0.29, 0.717) is 6.54 Å². The van der Waals surface area contributed by atoms with E-state index in [1.54, 1.807) is 0 Å². The number of para-hydroxylation sites is 1. The summed E-state index contributed by atoms with van der Waals surface area (Å²) in [5.41, 5.74) is 5.13. The van der Waals surface area contributed by atoms with Gasteiger partial charge in [0.1, 0.15) is 5.76 Å². The highest BCUT2D eigenvalue weighted by Crippen LogP contribution is 2.40. The second-order valence-corrected chi connectivity index (χ2v) is 7.28. The van der Waals surface area contributed by atoms with Gasteiger partial charge in [0, 0.05) is 30.1 Å². The van der Waals surface area contributed by atoms with Gasteiger partial charge in [0.05, 0.1) is 23.1 Å².